The molecule has 0 aromatic carbocycles. The second kappa shape index (κ2) is 2.83. The number of allylic oxidation sites excluding steroid dienone is 3. The van der Waals surface area contributed by atoms with Gasteiger partial charge in [-0.2, -0.15) is 13.2 Å². The molecule has 1 aliphatic rings. The molecule has 0 N–H and O–H groups in total. The Morgan fingerprint density at radius 3 is 2.42 bits per heavy atom. The molecule has 0 fully saturated rings. The fraction of sp³-hybridized carbons (Fsp3) is 0.444. The molecule has 0 saturated carbocycles. The highest BCUT2D eigenvalue weighted by molar-refractivity contribution is 5.30. The zero-order valence-electron chi connectivity index (χ0n) is 6.87. The van der Waals surface area contributed by atoms with Crippen molar-refractivity contribution in [3.05, 3.63) is 29.0 Å². The number of hydrogen-bond donors (Lipinski definition) is 0. The molecule has 1 rings (SSSR count). The Hall–Kier alpha value is -0.950. The van der Waals surface area contributed by atoms with Crippen molar-refractivity contribution in [1.29, 1.82) is 0 Å². The lowest BCUT2D eigenvalue weighted by molar-refractivity contribution is -0.0970. The van der Waals surface area contributed by atoms with E-state index < -0.39 is 17.7 Å². The molecule has 0 radical (unpaired) electrons. The van der Waals surface area contributed by atoms with Crippen LogP contribution in [0.25, 0.3) is 0 Å². The Morgan fingerprint density at radius 2 is 2.00 bits per heavy atom. The Bertz CT molecular complexity index is 275. The highest BCUT2D eigenvalue weighted by atomic mass is 19.4. The first-order valence-corrected chi connectivity index (χ1v) is 3.63. The second-order valence-corrected chi connectivity index (χ2v) is 2.84. The summed E-state index contributed by atoms with van der Waals surface area (Å²) in [6, 6.07) is 0. The summed E-state index contributed by atoms with van der Waals surface area (Å²) in [7, 11) is 0. The summed E-state index contributed by atoms with van der Waals surface area (Å²) >= 11 is 0. The Morgan fingerprint density at radius 1 is 1.42 bits per heavy atom. The molecular weight excluding hydrogens is 165 g/mol. The van der Waals surface area contributed by atoms with E-state index in [1.54, 1.807) is 6.92 Å². The van der Waals surface area contributed by atoms with Crippen LogP contribution in [-0.4, -0.2) is 6.18 Å². The molecule has 0 aliphatic heterocycles. The van der Waals surface area contributed by atoms with E-state index in [0.717, 1.165) is 6.08 Å². The van der Waals surface area contributed by atoms with Crippen molar-refractivity contribution in [2.45, 2.75) is 20.0 Å². The normalized spacial score (nSPS) is 23.6. The van der Waals surface area contributed by atoms with Gasteiger partial charge in [-0.25, -0.2) is 0 Å². The molecule has 0 aromatic heterocycles. The van der Waals surface area contributed by atoms with Crippen LogP contribution in [0, 0.1) is 5.92 Å². The van der Waals surface area contributed by atoms with E-state index in [0.29, 0.717) is 5.57 Å². The van der Waals surface area contributed by atoms with Gasteiger partial charge in [-0.05, 0) is 24.6 Å². The van der Waals surface area contributed by atoms with Gasteiger partial charge in [-0.3, -0.25) is 0 Å². The molecule has 0 bridgehead atoms. The minimum absolute atomic E-state index is 0.487. The topological polar surface area (TPSA) is 0 Å². The van der Waals surface area contributed by atoms with Gasteiger partial charge in [0.25, 0.3) is 0 Å². The van der Waals surface area contributed by atoms with E-state index in [-0.39, 0.29) is 0 Å². The molecule has 12 heavy (non-hydrogen) atoms. The molecular formula is C9H9F3. The van der Waals surface area contributed by atoms with Crippen molar-refractivity contribution in [2.75, 3.05) is 0 Å². The molecule has 1 aliphatic carbocycles. The van der Waals surface area contributed by atoms with Gasteiger partial charge in [-0.15, -0.1) is 5.73 Å². The van der Waals surface area contributed by atoms with Gasteiger partial charge in [0, 0.05) is 11.5 Å². The summed E-state index contributed by atoms with van der Waals surface area (Å²) in [5.74, 6) is -0.560. The standard InChI is InChI=1S/C9H9F3/c1-6-4-3-5-8(7(6)2)9(10,11)12/h3,5,7H,1-2H3. The van der Waals surface area contributed by atoms with E-state index in [1.807, 2.05) is 0 Å². The third-order valence-corrected chi connectivity index (χ3v) is 2.02. The average molecular weight is 174 g/mol. The smallest absolute Gasteiger partial charge is 0.166 e. The average Bonchev–Trinajstić information content (AvgIpc) is 1.92. The van der Waals surface area contributed by atoms with E-state index in [4.69, 9.17) is 0 Å². The fourth-order valence-electron chi connectivity index (χ4n) is 1.11. The van der Waals surface area contributed by atoms with Gasteiger partial charge in [0.05, 0.1) is 0 Å². The van der Waals surface area contributed by atoms with E-state index in [2.05, 4.69) is 5.73 Å². The van der Waals surface area contributed by atoms with Crippen LogP contribution in [0.4, 0.5) is 13.2 Å². The lowest BCUT2D eigenvalue weighted by atomic mass is 9.91. The molecule has 1 atom stereocenters. The first-order chi connectivity index (χ1) is 5.43. The second-order valence-electron chi connectivity index (χ2n) is 2.84. The summed E-state index contributed by atoms with van der Waals surface area (Å²) in [4.78, 5) is 0. The van der Waals surface area contributed by atoms with Crippen LogP contribution in [-0.2, 0) is 0 Å². The minimum Gasteiger partial charge on any atom is -0.166 e. The zero-order valence-corrected chi connectivity index (χ0v) is 6.87. The molecule has 0 saturated heterocycles. The number of halogens is 3. The van der Waals surface area contributed by atoms with Crippen LogP contribution < -0.4 is 0 Å². The Labute approximate surface area is 69.1 Å². The van der Waals surface area contributed by atoms with Gasteiger partial charge >= 0.3 is 6.18 Å². The van der Waals surface area contributed by atoms with Crippen LogP contribution in [0.1, 0.15) is 13.8 Å². The molecule has 0 aromatic rings. The van der Waals surface area contributed by atoms with E-state index in [1.165, 1.54) is 13.0 Å². The van der Waals surface area contributed by atoms with Crippen LogP contribution >= 0.6 is 0 Å². The van der Waals surface area contributed by atoms with Crippen molar-refractivity contribution >= 4 is 0 Å². The summed E-state index contributed by atoms with van der Waals surface area (Å²) in [6.45, 7) is 3.19. The predicted octanol–water partition coefficient (Wildman–Crippen LogP) is 3.23. The monoisotopic (exact) mass is 174 g/mol. The summed E-state index contributed by atoms with van der Waals surface area (Å²) in [5, 5.41) is 0. The number of hydrogen-bond acceptors (Lipinski definition) is 0. The van der Waals surface area contributed by atoms with Gasteiger partial charge in [0.2, 0.25) is 0 Å². The first kappa shape index (κ1) is 9.14. The van der Waals surface area contributed by atoms with Crippen molar-refractivity contribution in [2.24, 2.45) is 5.92 Å². The number of alkyl halides is 3. The maximum atomic E-state index is 12.2. The van der Waals surface area contributed by atoms with Gasteiger partial charge in [-0.1, -0.05) is 6.92 Å². The third-order valence-electron chi connectivity index (χ3n) is 2.02. The zero-order chi connectivity index (χ0) is 9.35. The Kier molecular flexibility index (Phi) is 2.16. The van der Waals surface area contributed by atoms with Crippen LogP contribution in [0.5, 0.6) is 0 Å². The van der Waals surface area contributed by atoms with Gasteiger partial charge in [0.15, 0.2) is 0 Å². The summed E-state index contributed by atoms with van der Waals surface area (Å²) < 4.78 is 36.7. The maximum absolute atomic E-state index is 12.2. The SMILES string of the molecule is CC1=C=CC=C(C(F)(F)F)C1C. The lowest BCUT2D eigenvalue weighted by Gasteiger charge is -2.19. The van der Waals surface area contributed by atoms with Crippen molar-refractivity contribution < 1.29 is 13.2 Å². The van der Waals surface area contributed by atoms with E-state index >= 15 is 0 Å². The molecule has 0 spiro atoms. The van der Waals surface area contributed by atoms with Crippen molar-refractivity contribution in [1.82, 2.24) is 0 Å². The largest absolute Gasteiger partial charge is 0.413 e. The van der Waals surface area contributed by atoms with Gasteiger partial charge < -0.3 is 0 Å². The predicted molar refractivity (Wildman–Crippen MR) is 40.6 cm³/mol. The third kappa shape index (κ3) is 1.62. The molecule has 1 unspecified atom stereocenters. The highest BCUT2D eigenvalue weighted by Gasteiger charge is 2.37. The van der Waals surface area contributed by atoms with E-state index in [9.17, 15) is 13.2 Å². The minimum atomic E-state index is -4.21. The molecule has 0 nitrogen and oxygen atoms in total. The first-order valence-electron chi connectivity index (χ1n) is 3.63. The summed E-state index contributed by atoms with van der Waals surface area (Å²) in [5.41, 5.74) is 2.89. The number of rotatable bonds is 0. The van der Waals surface area contributed by atoms with Crippen LogP contribution in [0.2, 0.25) is 0 Å². The molecule has 0 amide bonds. The summed E-state index contributed by atoms with van der Waals surface area (Å²) in [6.07, 6.45) is -1.81. The highest BCUT2D eigenvalue weighted by Crippen LogP contribution is 2.35. The quantitative estimate of drug-likeness (QED) is 0.494. The van der Waals surface area contributed by atoms with Crippen molar-refractivity contribution in [3.63, 3.8) is 0 Å². The lowest BCUT2D eigenvalue weighted by Crippen LogP contribution is -2.19. The maximum Gasteiger partial charge on any atom is 0.413 e. The molecule has 0 heterocycles. The Balaban J connectivity index is 3.00. The fourth-order valence-corrected chi connectivity index (χ4v) is 1.11. The van der Waals surface area contributed by atoms with Crippen LogP contribution in [0.15, 0.2) is 29.0 Å². The van der Waals surface area contributed by atoms with Crippen LogP contribution in [0.3, 0.4) is 0 Å². The molecule has 3 heteroatoms. The molecule has 66 valence electrons. The van der Waals surface area contributed by atoms with Crippen molar-refractivity contribution in [3.8, 4) is 0 Å². The van der Waals surface area contributed by atoms with Gasteiger partial charge in [0.1, 0.15) is 0 Å².